The molecule has 0 aliphatic carbocycles. The second-order valence-corrected chi connectivity index (χ2v) is 8.66. The van der Waals surface area contributed by atoms with Crippen LogP contribution in [0, 0.1) is 13.8 Å². The minimum absolute atomic E-state index is 0.0593. The van der Waals surface area contributed by atoms with E-state index in [0.717, 1.165) is 58.8 Å². The van der Waals surface area contributed by atoms with Gasteiger partial charge in [0.25, 0.3) is 5.91 Å². The second kappa shape index (κ2) is 6.79. The zero-order valence-electron chi connectivity index (χ0n) is 16.4. The van der Waals surface area contributed by atoms with Crippen LogP contribution < -0.4 is 5.32 Å². The predicted molar refractivity (Wildman–Crippen MR) is 112 cm³/mol. The van der Waals surface area contributed by atoms with Crippen molar-refractivity contribution in [3.05, 3.63) is 57.6 Å². The van der Waals surface area contributed by atoms with Crippen LogP contribution in [0.1, 0.15) is 35.4 Å². The lowest BCUT2D eigenvalue weighted by atomic mass is 9.81. The Morgan fingerprint density at radius 2 is 2.21 bits per heavy atom. The molecule has 3 aromatic rings. The molecule has 0 radical (unpaired) electrons. The molecule has 1 saturated heterocycles. The van der Waals surface area contributed by atoms with Gasteiger partial charge in [0.05, 0.1) is 11.8 Å². The van der Waals surface area contributed by atoms with Crippen LogP contribution in [-0.2, 0) is 10.3 Å². The molecule has 1 amide bonds. The topological polar surface area (TPSA) is 78.6 Å². The van der Waals surface area contributed by atoms with Crippen molar-refractivity contribution >= 4 is 22.9 Å². The van der Waals surface area contributed by atoms with Gasteiger partial charge < -0.3 is 14.9 Å². The molecule has 29 heavy (non-hydrogen) atoms. The van der Waals surface area contributed by atoms with Gasteiger partial charge in [-0.05, 0) is 66.8 Å². The van der Waals surface area contributed by atoms with Crippen molar-refractivity contribution in [1.29, 1.82) is 0 Å². The standard InChI is InChI=1S/C22H23N3O3S/c1-13-20(14(2)28-24-13)15-5-6-19-18(10-15)22(21(27)23-19,16-7-9-29-12-16)25-8-3-4-17(26)11-25/h5-7,9-10,12,17,26H,3-4,8,11H2,1-2H3,(H,23,27)/t17-,22+/m1/s1. The molecule has 6 nitrogen and oxygen atoms in total. The number of fused-ring (bicyclic) bond motifs is 1. The maximum absolute atomic E-state index is 13.5. The molecule has 2 atom stereocenters. The fourth-order valence-corrected chi connectivity index (χ4v) is 5.55. The van der Waals surface area contributed by atoms with Crippen LogP contribution in [0.15, 0.2) is 39.5 Å². The largest absolute Gasteiger partial charge is 0.392 e. The van der Waals surface area contributed by atoms with Crippen molar-refractivity contribution in [1.82, 2.24) is 10.1 Å². The zero-order chi connectivity index (χ0) is 20.2. The number of rotatable bonds is 3. The first-order chi connectivity index (χ1) is 14.0. The van der Waals surface area contributed by atoms with E-state index in [9.17, 15) is 9.90 Å². The highest BCUT2D eigenvalue weighted by molar-refractivity contribution is 7.08. The number of carbonyl (C=O) groups is 1. The van der Waals surface area contributed by atoms with Crippen LogP contribution in [0.2, 0.25) is 0 Å². The molecule has 2 aliphatic rings. The van der Waals surface area contributed by atoms with Crippen LogP contribution in [0.4, 0.5) is 5.69 Å². The molecule has 0 bridgehead atoms. The Hall–Kier alpha value is -2.48. The van der Waals surface area contributed by atoms with E-state index in [1.54, 1.807) is 11.3 Å². The van der Waals surface area contributed by atoms with Crippen LogP contribution in [0.25, 0.3) is 11.1 Å². The molecule has 0 spiro atoms. The highest BCUT2D eigenvalue weighted by Gasteiger charge is 2.53. The number of nitrogens with one attached hydrogen (secondary N) is 1. The number of aliphatic hydroxyl groups excluding tert-OH is 1. The number of aryl methyl sites for hydroxylation is 2. The fourth-order valence-electron chi connectivity index (χ4n) is 4.85. The summed E-state index contributed by atoms with van der Waals surface area (Å²) >= 11 is 1.58. The zero-order valence-corrected chi connectivity index (χ0v) is 17.3. The highest BCUT2D eigenvalue weighted by Crippen LogP contribution is 2.48. The molecule has 0 saturated carbocycles. The number of aromatic nitrogens is 1. The van der Waals surface area contributed by atoms with E-state index in [0.29, 0.717) is 6.54 Å². The van der Waals surface area contributed by atoms with Gasteiger partial charge in [0.1, 0.15) is 5.76 Å². The van der Waals surface area contributed by atoms with Gasteiger partial charge in [0.15, 0.2) is 5.54 Å². The number of likely N-dealkylation sites (tertiary alicyclic amines) is 1. The van der Waals surface area contributed by atoms with E-state index in [2.05, 4.69) is 21.4 Å². The SMILES string of the molecule is Cc1noc(C)c1-c1ccc2c(c1)[C@](c1ccsc1)(N1CCC[C@@H](O)C1)C(=O)N2. The third-order valence-electron chi connectivity index (χ3n) is 6.12. The second-order valence-electron chi connectivity index (χ2n) is 7.88. The number of aliphatic hydroxyl groups is 1. The Morgan fingerprint density at radius 3 is 2.90 bits per heavy atom. The van der Waals surface area contributed by atoms with E-state index in [1.807, 2.05) is 42.8 Å². The van der Waals surface area contributed by atoms with Gasteiger partial charge in [0.2, 0.25) is 0 Å². The summed E-state index contributed by atoms with van der Waals surface area (Å²) in [4.78, 5) is 15.7. The van der Waals surface area contributed by atoms with Gasteiger partial charge >= 0.3 is 0 Å². The summed E-state index contributed by atoms with van der Waals surface area (Å²) in [5.41, 5.74) is 4.52. The van der Waals surface area contributed by atoms with E-state index in [-0.39, 0.29) is 5.91 Å². The maximum Gasteiger partial charge on any atom is 0.254 e. The summed E-state index contributed by atoms with van der Waals surface area (Å²) in [7, 11) is 0. The van der Waals surface area contributed by atoms with Crippen molar-refractivity contribution < 1.29 is 14.4 Å². The van der Waals surface area contributed by atoms with Crippen LogP contribution >= 0.6 is 11.3 Å². The van der Waals surface area contributed by atoms with Crippen molar-refractivity contribution in [3.8, 4) is 11.1 Å². The Kier molecular flexibility index (Phi) is 4.34. The number of piperidine rings is 1. The van der Waals surface area contributed by atoms with E-state index in [1.165, 1.54) is 0 Å². The third-order valence-corrected chi connectivity index (χ3v) is 6.80. The molecule has 2 N–H and O–H groups in total. The van der Waals surface area contributed by atoms with Crippen molar-refractivity contribution in [2.45, 2.75) is 38.3 Å². The minimum Gasteiger partial charge on any atom is -0.392 e. The number of anilines is 1. The van der Waals surface area contributed by atoms with Gasteiger partial charge in [0, 0.05) is 29.9 Å². The number of nitrogens with zero attached hydrogens (tertiary/aromatic N) is 2. The summed E-state index contributed by atoms with van der Waals surface area (Å²) in [6, 6.07) is 8.06. The van der Waals surface area contributed by atoms with E-state index >= 15 is 0 Å². The summed E-state index contributed by atoms with van der Waals surface area (Å²) < 4.78 is 5.37. The van der Waals surface area contributed by atoms with E-state index in [4.69, 9.17) is 4.52 Å². The highest BCUT2D eigenvalue weighted by atomic mass is 32.1. The Morgan fingerprint density at radius 1 is 1.34 bits per heavy atom. The molecule has 2 aliphatic heterocycles. The fraction of sp³-hybridized carbons (Fsp3) is 0.364. The number of benzene rings is 1. The summed E-state index contributed by atoms with van der Waals surface area (Å²) in [6.45, 7) is 5.06. The van der Waals surface area contributed by atoms with Gasteiger partial charge in [-0.1, -0.05) is 11.2 Å². The van der Waals surface area contributed by atoms with Crippen molar-refractivity contribution in [2.75, 3.05) is 18.4 Å². The van der Waals surface area contributed by atoms with Crippen molar-refractivity contribution in [2.24, 2.45) is 0 Å². The number of hydrogen-bond donors (Lipinski definition) is 2. The quantitative estimate of drug-likeness (QED) is 0.690. The molecular formula is C22H23N3O3S. The Bertz CT molecular complexity index is 1060. The third kappa shape index (κ3) is 2.68. The lowest BCUT2D eigenvalue weighted by Crippen LogP contribution is -2.56. The van der Waals surface area contributed by atoms with Gasteiger partial charge in [-0.2, -0.15) is 11.3 Å². The summed E-state index contributed by atoms with van der Waals surface area (Å²) in [5.74, 6) is 0.699. The first-order valence-corrected chi connectivity index (χ1v) is 10.8. The van der Waals surface area contributed by atoms with Gasteiger partial charge in [-0.25, -0.2) is 0 Å². The predicted octanol–water partition coefficient (Wildman–Crippen LogP) is 3.67. The minimum atomic E-state index is -0.939. The Balaban J connectivity index is 1.73. The van der Waals surface area contributed by atoms with Gasteiger partial charge in [-0.3, -0.25) is 9.69 Å². The number of thiophene rings is 1. The first kappa shape index (κ1) is 18.5. The van der Waals surface area contributed by atoms with Crippen LogP contribution in [-0.4, -0.2) is 40.3 Å². The molecule has 0 unspecified atom stereocenters. The average molecular weight is 410 g/mol. The van der Waals surface area contributed by atoms with Crippen LogP contribution in [0.5, 0.6) is 0 Å². The average Bonchev–Trinajstić information content (AvgIpc) is 3.40. The first-order valence-electron chi connectivity index (χ1n) is 9.87. The smallest absolute Gasteiger partial charge is 0.254 e. The molecule has 150 valence electrons. The molecule has 2 aromatic heterocycles. The molecular weight excluding hydrogens is 386 g/mol. The number of hydrogen-bond acceptors (Lipinski definition) is 6. The molecule has 1 fully saturated rings. The van der Waals surface area contributed by atoms with Crippen molar-refractivity contribution in [3.63, 3.8) is 0 Å². The summed E-state index contributed by atoms with van der Waals surface area (Å²) in [5, 5.41) is 21.6. The Labute approximate surface area is 173 Å². The molecule has 7 heteroatoms. The van der Waals surface area contributed by atoms with Crippen LogP contribution in [0.3, 0.4) is 0 Å². The summed E-state index contributed by atoms with van der Waals surface area (Å²) in [6.07, 6.45) is 1.20. The van der Waals surface area contributed by atoms with Gasteiger partial charge in [-0.15, -0.1) is 0 Å². The molecule has 5 rings (SSSR count). The monoisotopic (exact) mass is 409 g/mol. The number of β-amino-alcohol motifs (C(OH)–C–C–N with tert-alkyl or cyclic N) is 1. The normalized spacial score (nSPS) is 24.5. The lowest BCUT2D eigenvalue weighted by Gasteiger charge is -2.43. The number of carbonyl (C=O) groups excluding carboxylic acids is 1. The lowest BCUT2D eigenvalue weighted by molar-refractivity contribution is -0.127. The molecule has 1 aromatic carbocycles. The van der Waals surface area contributed by atoms with E-state index < -0.39 is 11.6 Å². The maximum atomic E-state index is 13.5. The number of amides is 1. The molecule has 4 heterocycles.